The van der Waals surface area contributed by atoms with Gasteiger partial charge in [-0.3, -0.25) is 0 Å². The molecule has 1 aromatic rings. The van der Waals surface area contributed by atoms with E-state index in [9.17, 15) is 22.0 Å². The fourth-order valence-electron chi connectivity index (χ4n) is 0.996. The lowest BCUT2D eigenvalue weighted by Crippen LogP contribution is -2.13. The molecule has 0 amide bonds. The second kappa shape index (κ2) is 3.52. The van der Waals surface area contributed by atoms with E-state index in [4.69, 9.17) is 11.5 Å². The Kier molecular flexibility index (Phi) is 2.69. The number of anilines is 2. The van der Waals surface area contributed by atoms with Crippen LogP contribution in [0.4, 0.5) is 33.5 Å². The Bertz CT molecular complexity index is 374. The molecule has 8 heteroatoms. The summed E-state index contributed by atoms with van der Waals surface area (Å²) in [7, 11) is 0. The number of alkyl halides is 5. The predicted octanol–water partition coefficient (Wildman–Crippen LogP) is 2.20. The summed E-state index contributed by atoms with van der Waals surface area (Å²) in [6, 6.07) is 0.418. The first kappa shape index (κ1) is 11.5. The van der Waals surface area contributed by atoms with E-state index >= 15 is 0 Å². The van der Waals surface area contributed by atoms with Gasteiger partial charge >= 0.3 is 6.18 Å². The van der Waals surface area contributed by atoms with Crippen LogP contribution in [0.5, 0.6) is 0 Å². The van der Waals surface area contributed by atoms with Gasteiger partial charge < -0.3 is 11.5 Å². The van der Waals surface area contributed by atoms with Crippen LogP contribution < -0.4 is 11.5 Å². The van der Waals surface area contributed by atoms with Gasteiger partial charge in [0.05, 0.1) is 11.3 Å². The van der Waals surface area contributed by atoms with Gasteiger partial charge in [0.2, 0.25) is 0 Å². The smallest absolute Gasteiger partial charge is 0.397 e. The van der Waals surface area contributed by atoms with E-state index in [1.54, 1.807) is 0 Å². The topological polar surface area (TPSA) is 64.9 Å². The summed E-state index contributed by atoms with van der Waals surface area (Å²) < 4.78 is 61.2. The van der Waals surface area contributed by atoms with Crippen molar-refractivity contribution in [3.8, 4) is 0 Å². The van der Waals surface area contributed by atoms with Crippen LogP contribution in [0, 0.1) is 0 Å². The third kappa shape index (κ3) is 2.25. The number of halogens is 5. The molecule has 3 nitrogen and oxygen atoms in total. The molecule has 0 fully saturated rings. The van der Waals surface area contributed by atoms with Crippen LogP contribution >= 0.6 is 0 Å². The van der Waals surface area contributed by atoms with Crippen molar-refractivity contribution >= 4 is 11.5 Å². The van der Waals surface area contributed by atoms with Gasteiger partial charge in [0.25, 0.3) is 6.43 Å². The Labute approximate surface area is 80.9 Å². The van der Waals surface area contributed by atoms with Gasteiger partial charge in [-0.1, -0.05) is 0 Å². The maximum Gasteiger partial charge on any atom is 0.418 e. The first-order chi connectivity index (χ1) is 6.73. The van der Waals surface area contributed by atoms with E-state index in [0.29, 0.717) is 6.07 Å². The molecule has 0 saturated carbocycles. The summed E-state index contributed by atoms with van der Waals surface area (Å²) in [5, 5.41) is 0. The molecule has 4 N–H and O–H groups in total. The van der Waals surface area contributed by atoms with E-state index in [1.807, 2.05) is 0 Å². The molecule has 84 valence electrons. The minimum Gasteiger partial charge on any atom is -0.397 e. The lowest BCUT2D eigenvalue weighted by Gasteiger charge is -2.13. The Balaban J connectivity index is 3.42. The highest BCUT2D eigenvalue weighted by Gasteiger charge is 2.35. The number of nitrogens with zero attached hydrogens (tertiary/aromatic N) is 1. The van der Waals surface area contributed by atoms with Crippen LogP contribution in [0.15, 0.2) is 6.07 Å². The first-order valence-electron chi connectivity index (χ1n) is 3.64. The fourth-order valence-corrected chi connectivity index (χ4v) is 0.996. The van der Waals surface area contributed by atoms with Crippen LogP contribution in [-0.2, 0) is 6.18 Å². The van der Waals surface area contributed by atoms with E-state index in [1.165, 1.54) is 0 Å². The summed E-state index contributed by atoms with van der Waals surface area (Å²) in [6.45, 7) is 0. The average molecular weight is 227 g/mol. The van der Waals surface area contributed by atoms with Crippen molar-refractivity contribution in [3.63, 3.8) is 0 Å². The molecule has 0 radical (unpaired) electrons. The number of nitrogen functional groups attached to an aromatic ring is 2. The fraction of sp³-hybridized carbons (Fsp3) is 0.286. The van der Waals surface area contributed by atoms with Crippen LogP contribution in [0.2, 0.25) is 0 Å². The van der Waals surface area contributed by atoms with Crippen LogP contribution in [0.25, 0.3) is 0 Å². The van der Waals surface area contributed by atoms with Crippen molar-refractivity contribution in [1.29, 1.82) is 0 Å². The van der Waals surface area contributed by atoms with Crippen molar-refractivity contribution in [2.24, 2.45) is 0 Å². The zero-order valence-electron chi connectivity index (χ0n) is 7.15. The molecule has 0 atom stereocenters. The lowest BCUT2D eigenvalue weighted by molar-refractivity contribution is -0.137. The SMILES string of the molecule is Nc1cc(C(F)(F)F)c(N)c(C(F)F)n1. The number of nitrogens with two attached hydrogens (primary N) is 2. The van der Waals surface area contributed by atoms with Gasteiger partial charge in [-0.15, -0.1) is 0 Å². The Hall–Kier alpha value is -1.60. The first-order valence-corrected chi connectivity index (χ1v) is 3.64. The molecule has 0 spiro atoms. The van der Waals surface area contributed by atoms with Crippen molar-refractivity contribution in [1.82, 2.24) is 4.98 Å². The molecule has 1 heterocycles. The predicted molar refractivity (Wildman–Crippen MR) is 43.0 cm³/mol. The van der Waals surface area contributed by atoms with Gasteiger partial charge in [-0.25, -0.2) is 13.8 Å². The van der Waals surface area contributed by atoms with Gasteiger partial charge in [-0.2, -0.15) is 13.2 Å². The molecular formula is C7H6F5N3. The van der Waals surface area contributed by atoms with E-state index in [0.717, 1.165) is 0 Å². The van der Waals surface area contributed by atoms with Gasteiger partial charge in [-0.05, 0) is 6.07 Å². The zero-order valence-corrected chi connectivity index (χ0v) is 7.15. The summed E-state index contributed by atoms with van der Waals surface area (Å²) >= 11 is 0. The Morgan fingerprint density at radius 1 is 1.20 bits per heavy atom. The molecular weight excluding hydrogens is 221 g/mol. The third-order valence-electron chi connectivity index (χ3n) is 1.62. The lowest BCUT2D eigenvalue weighted by atomic mass is 10.1. The molecule has 0 aliphatic heterocycles. The third-order valence-corrected chi connectivity index (χ3v) is 1.62. The number of hydrogen-bond acceptors (Lipinski definition) is 3. The van der Waals surface area contributed by atoms with Crippen molar-refractivity contribution in [3.05, 3.63) is 17.3 Å². The maximum absolute atomic E-state index is 12.3. The van der Waals surface area contributed by atoms with E-state index < -0.39 is 35.4 Å². The second-order valence-electron chi connectivity index (χ2n) is 2.69. The summed E-state index contributed by atoms with van der Waals surface area (Å²) in [5.74, 6) is -0.646. The van der Waals surface area contributed by atoms with Crippen molar-refractivity contribution in [2.45, 2.75) is 12.6 Å². The van der Waals surface area contributed by atoms with Gasteiger partial charge in [0.1, 0.15) is 11.5 Å². The number of aromatic nitrogens is 1. The van der Waals surface area contributed by atoms with Crippen molar-refractivity contribution in [2.75, 3.05) is 11.5 Å². The molecule has 1 aromatic heterocycles. The molecule has 0 aliphatic carbocycles. The van der Waals surface area contributed by atoms with Crippen LogP contribution in [0.3, 0.4) is 0 Å². The summed E-state index contributed by atoms with van der Waals surface area (Å²) in [4.78, 5) is 3.05. The van der Waals surface area contributed by atoms with Gasteiger partial charge in [0, 0.05) is 0 Å². The molecule has 0 aliphatic rings. The van der Waals surface area contributed by atoms with Crippen LogP contribution in [-0.4, -0.2) is 4.98 Å². The number of hydrogen-bond donors (Lipinski definition) is 2. The minimum atomic E-state index is -4.83. The molecule has 1 rings (SSSR count). The normalized spacial score (nSPS) is 12.1. The van der Waals surface area contributed by atoms with Crippen molar-refractivity contribution < 1.29 is 22.0 Å². The quantitative estimate of drug-likeness (QED) is 0.723. The molecule has 0 aromatic carbocycles. The summed E-state index contributed by atoms with van der Waals surface area (Å²) in [5.41, 5.74) is 6.24. The maximum atomic E-state index is 12.3. The number of pyridine rings is 1. The Morgan fingerprint density at radius 3 is 2.13 bits per heavy atom. The standard InChI is InChI=1S/C7H6F5N3/c8-6(9)5-4(14)2(7(10,11)12)1-3(13)15-5/h1,6H,14H2,(H2,13,15). The minimum absolute atomic E-state index is 0.418. The highest BCUT2D eigenvalue weighted by Crippen LogP contribution is 2.37. The highest BCUT2D eigenvalue weighted by molar-refractivity contribution is 5.57. The average Bonchev–Trinajstić information content (AvgIpc) is 2.06. The monoisotopic (exact) mass is 227 g/mol. The zero-order chi connectivity index (χ0) is 11.8. The largest absolute Gasteiger partial charge is 0.418 e. The van der Waals surface area contributed by atoms with Gasteiger partial charge in [0.15, 0.2) is 0 Å². The highest BCUT2D eigenvalue weighted by atomic mass is 19.4. The molecule has 0 unspecified atom stereocenters. The molecule has 0 bridgehead atoms. The summed E-state index contributed by atoms with van der Waals surface area (Å²) in [6.07, 6.45) is -8.03. The Morgan fingerprint density at radius 2 is 1.73 bits per heavy atom. The number of rotatable bonds is 1. The van der Waals surface area contributed by atoms with E-state index in [-0.39, 0.29) is 0 Å². The second-order valence-corrected chi connectivity index (χ2v) is 2.69. The molecule has 0 saturated heterocycles. The van der Waals surface area contributed by atoms with E-state index in [2.05, 4.69) is 4.98 Å². The molecule has 15 heavy (non-hydrogen) atoms. The van der Waals surface area contributed by atoms with Crippen LogP contribution in [0.1, 0.15) is 17.7 Å².